The van der Waals surface area contributed by atoms with Crippen LogP contribution in [0.3, 0.4) is 0 Å². The van der Waals surface area contributed by atoms with Crippen molar-refractivity contribution in [2.75, 3.05) is 5.75 Å². The van der Waals surface area contributed by atoms with Gasteiger partial charge in [-0.25, -0.2) is 8.78 Å². The Balaban J connectivity index is 1.86. The maximum Gasteiger partial charge on any atom is 0.154 e. The van der Waals surface area contributed by atoms with Crippen molar-refractivity contribution in [2.45, 2.75) is 24.5 Å². The summed E-state index contributed by atoms with van der Waals surface area (Å²) >= 11 is 1.48. The van der Waals surface area contributed by atoms with Crippen molar-refractivity contribution in [1.29, 1.82) is 0 Å². The number of nitrogens with zero attached hydrogens (tertiary/aromatic N) is 2. The number of hydrogen-bond acceptors (Lipinski definition) is 5. The Labute approximate surface area is 148 Å². The molecule has 0 saturated heterocycles. The van der Waals surface area contributed by atoms with Crippen LogP contribution < -0.4 is 5.73 Å². The second-order valence-electron chi connectivity index (χ2n) is 6.56. The Morgan fingerprint density at radius 1 is 1.24 bits per heavy atom. The molecule has 2 aliphatic rings. The molecule has 4 rings (SSSR count). The molecule has 1 aliphatic heterocycles. The fourth-order valence-electron chi connectivity index (χ4n) is 3.88. The molecule has 0 amide bonds. The van der Waals surface area contributed by atoms with E-state index in [1.165, 1.54) is 30.1 Å². The predicted molar refractivity (Wildman–Crippen MR) is 94.1 cm³/mol. The number of amidine groups is 1. The Kier molecular flexibility index (Phi) is 4.00. The van der Waals surface area contributed by atoms with Crippen molar-refractivity contribution >= 4 is 16.9 Å². The number of aliphatic hydroxyl groups excluding tert-OH is 1. The molecule has 0 unspecified atom stereocenters. The van der Waals surface area contributed by atoms with Gasteiger partial charge in [0.05, 0.1) is 17.8 Å². The standard InChI is InChI=1S/C18H17F2N3OS/c19-13-3-10(7-22-8-13)15-5-11(1-2-16(15)20)18-6-14(24)4-12(18)9-25-17(21)23-18/h1-3,5,7-8,12,14,24H,4,6,9H2,(H2,21,23)/t12-,14+,18+/m0/s1. The third kappa shape index (κ3) is 2.81. The molecule has 4 nitrogen and oxygen atoms in total. The fourth-order valence-corrected chi connectivity index (χ4v) is 4.89. The molecule has 0 bridgehead atoms. The number of nitrogens with two attached hydrogens (primary N) is 1. The van der Waals surface area contributed by atoms with Gasteiger partial charge >= 0.3 is 0 Å². The molecule has 1 aromatic carbocycles. The molecular weight excluding hydrogens is 344 g/mol. The zero-order chi connectivity index (χ0) is 17.6. The van der Waals surface area contributed by atoms with Gasteiger partial charge in [0.1, 0.15) is 11.6 Å². The van der Waals surface area contributed by atoms with Gasteiger partial charge in [0.15, 0.2) is 5.17 Å². The molecule has 25 heavy (non-hydrogen) atoms. The smallest absolute Gasteiger partial charge is 0.154 e. The lowest BCUT2D eigenvalue weighted by Gasteiger charge is -2.35. The average molecular weight is 361 g/mol. The predicted octanol–water partition coefficient (Wildman–Crippen LogP) is 3.05. The first kappa shape index (κ1) is 16.5. The normalized spacial score (nSPS) is 28.5. The first-order chi connectivity index (χ1) is 12.0. The average Bonchev–Trinajstić information content (AvgIpc) is 2.91. The number of fused-ring (bicyclic) bond motifs is 1. The molecule has 1 aromatic heterocycles. The maximum atomic E-state index is 14.4. The van der Waals surface area contributed by atoms with Crippen LogP contribution >= 0.6 is 11.8 Å². The van der Waals surface area contributed by atoms with E-state index in [-0.39, 0.29) is 11.5 Å². The van der Waals surface area contributed by atoms with E-state index in [4.69, 9.17) is 5.73 Å². The number of benzene rings is 1. The van der Waals surface area contributed by atoms with Crippen LogP contribution in [0.4, 0.5) is 8.78 Å². The van der Waals surface area contributed by atoms with E-state index < -0.39 is 23.3 Å². The van der Waals surface area contributed by atoms with E-state index in [0.717, 1.165) is 17.5 Å². The SMILES string of the molecule is NC1=N[C@@]2(c3ccc(F)c(-c4cncc(F)c4)c3)C[C@H](O)C[C@H]2CS1. The molecule has 2 heterocycles. The number of rotatable bonds is 2. The Morgan fingerprint density at radius 3 is 2.88 bits per heavy atom. The van der Waals surface area contributed by atoms with E-state index in [2.05, 4.69) is 9.98 Å². The van der Waals surface area contributed by atoms with Gasteiger partial charge in [-0.1, -0.05) is 17.8 Å². The van der Waals surface area contributed by atoms with Crippen molar-refractivity contribution in [3.05, 3.63) is 53.9 Å². The van der Waals surface area contributed by atoms with E-state index in [0.29, 0.717) is 23.6 Å². The Morgan fingerprint density at radius 2 is 2.08 bits per heavy atom. The molecule has 130 valence electrons. The van der Waals surface area contributed by atoms with Gasteiger partial charge in [0.25, 0.3) is 0 Å². The summed E-state index contributed by atoms with van der Waals surface area (Å²) in [6, 6.07) is 5.98. The van der Waals surface area contributed by atoms with Crippen LogP contribution in [0.15, 0.2) is 41.7 Å². The lowest BCUT2D eigenvalue weighted by molar-refractivity contribution is 0.173. The van der Waals surface area contributed by atoms with Gasteiger partial charge in [-0.05, 0) is 30.2 Å². The summed E-state index contributed by atoms with van der Waals surface area (Å²) < 4.78 is 27.9. The monoisotopic (exact) mass is 361 g/mol. The minimum absolute atomic E-state index is 0.128. The van der Waals surface area contributed by atoms with Crippen LogP contribution in [0.1, 0.15) is 18.4 Å². The van der Waals surface area contributed by atoms with Crippen LogP contribution in [0, 0.1) is 17.6 Å². The molecule has 0 radical (unpaired) electrons. The number of aliphatic imine (C=N–C) groups is 1. The van der Waals surface area contributed by atoms with Gasteiger partial charge in [-0.15, -0.1) is 0 Å². The molecule has 3 N–H and O–H groups in total. The third-order valence-corrected chi connectivity index (χ3v) is 5.96. The van der Waals surface area contributed by atoms with Crippen LogP contribution in [-0.4, -0.2) is 27.1 Å². The van der Waals surface area contributed by atoms with Gasteiger partial charge in [-0.2, -0.15) is 0 Å². The summed E-state index contributed by atoms with van der Waals surface area (Å²) in [6.07, 6.45) is 3.13. The zero-order valence-electron chi connectivity index (χ0n) is 13.3. The largest absolute Gasteiger partial charge is 0.393 e. The van der Waals surface area contributed by atoms with Gasteiger partial charge in [0, 0.05) is 35.4 Å². The van der Waals surface area contributed by atoms with E-state index >= 15 is 0 Å². The first-order valence-corrected chi connectivity index (χ1v) is 9.03. The summed E-state index contributed by atoms with van der Waals surface area (Å²) in [5.74, 6) is -0.0832. The number of pyridine rings is 1. The highest BCUT2D eigenvalue weighted by molar-refractivity contribution is 8.13. The van der Waals surface area contributed by atoms with Crippen molar-refractivity contribution in [2.24, 2.45) is 16.6 Å². The number of halogens is 2. The van der Waals surface area contributed by atoms with Gasteiger partial charge in [0.2, 0.25) is 0 Å². The van der Waals surface area contributed by atoms with Crippen molar-refractivity contribution in [1.82, 2.24) is 4.98 Å². The van der Waals surface area contributed by atoms with E-state index in [1.54, 1.807) is 12.1 Å². The van der Waals surface area contributed by atoms with E-state index in [9.17, 15) is 13.9 Å². The summed E-state index contributed by atoms with van der Waals surface area (Å²) in [7, 11) is 0. The first-order valence-electron chi connectivity index (χ1n) is 8.05. The zero-order valence-corrected chi connectivity index (χ0v) is 14.1. The summed E-state index contributed by atoms with van der Waals surface area (Å²) in [5, 5.41) is 10.7. The van der Waals surface area contributed by atoms with Crippen molar-refractivity contribution < 1.29 is 13.9 Å². The lowest BCUT2D eigenvalue weighted by atomic mass is 9.80. The highest BCUT2D eigenvalue weighted by Crippen LogP contribution is 2.51. The molecule has 1 fully saturated rings. The number of aromatic nitrogens is 1. The highest BCUT2D eigenvalue weighted by atomic mass is 32.2. The minimum atomic E-state index is -0.655. The molecule has 1 aliphatic carbocycles. The van der Waals surface area contributed by atoms with Gasteiger partial charge < -0.3 is 10.8 Å². The Bertz CT molecular complexity index is 860. The summed E-state index contributed by atoms with van der Waals surface area (Å²) in [4.78, 5) is 8.46. The van der Waals surface area contributed by atoms with Crippen LogP contribution in [0.25, 0.3) is 11.1 Å². The molecule has 3 atom stereocenters. The molecule has 0 spiro atoms. The van der Waals surface area contributed by atoms with Crippen LogP contribution in [0.2, 0.25) is 0 Å². The number of aliphatic hydroxyl groups is 1. The number of hydrogen-bond donors (Lipinski definition) is 2. The topological polar surface area (TPSA) is 71.5 Å². The fraction of sp³-hybridized carbons (Fsp3) is 0.333. The van der Waals surface area contributed by atoms with Gasteiger partial charge in [-0.3, -0.25) is 9.98 Å². The Hall–Kier alpha value is -1.99. The van der Waals surface area contributed by atoms with Crippen LogP contribution in [-0.2, 0) is 5.54 Å². The minimum Gasteiger partial charge on any atom is -0.393 e. The second-order valence-corrected chi connectivity index (χ2v) is 7.60. The quantitative estimate of drug-likeness (QED) is 0.862. The van der Waals surface area contributed by atoms with Crippen molar-refractivity contribution in [3.8, 4) is 11.1 Å². The van der Waals surface area contributed by atoms with E-state index in [1.807, 2.05) is 0 Å². The lowest BCUT2D eigenvalue weighted by Crippen LogP contribution is -2.36. The third-order valence-electron chi connectivity index (χ3n) is 5.00. The number of thioether (sulfide) groups is 1. The molecule has 7 heteroatoms. The molecule has 1 saturated carbocycles. The maximum absolute atomic E-state index is 14.4. The second kappa shape index (κ2) is 6.07. The molecular formula is C18H17F2N3OS. The highest BCUT2D eigenvalue weighted by Gasteiger charge is 2.50. The van der Waals surface area contributed by atoms with Crippen LogP contribution in [0.5, 0.6) is 0 Å². The summed E-state index contributed by atoms with van der Waals surface area (Å²) in [5.41, 5.74) is 6.73. The van der Waals surface area contributed by atoms with Crippen molar-refractivity contribution in [3.63, 3.8) is 0 Å². The summed E-state index contributed by atoms with van der Waals surface area (Å²) in [6.45, 7) is 0. The molecule has 2 aromatic rings.